The standard InChI is InChI=1S/C27H24BrN5O2S/c1-2-19-8-14-23(15-9-19)34-17-24-29-32-27(33(24)16-20-6-4-3-5-7-20)36-18-25-30-31-26(35-25)21-10-12-22(28)13-11-21/h3-15H,2,16-18H2,1H3. The molecule has 0 radical (unpaired) electrons. The van der Waals surface area contributed by atoms with E-state index in [-0.39, 0.29) is 0 Å². The number of thioether (sulfide) groups is 1. The molecule has 5 rings (SSSR count). The molecule has 182 valence electrons. The van der Waals surface area contributed by atoms with Crippen LogP contribution in [0.3, 0.4) is 0 Å². The fourth-order valence-electron chi connectivity index (χ4n) is 3.57. The van der Waals surface area contributed by atoms with Crippen LogP contribution in [-0.4, -0.2) is 25.0 Å². The van der Waals surface area contributed by atoms with Gasteiger partial charge >= 0.3 is 0 Å². The summed E-state index contributed by atoms with van der Waals surface area (Å²) in [6.45, 7) is 3.09. The van der Waals surface area contributed by atoms with Crippen molar-refractivity contribution in [2.45, 2.75) is 37.4 Å². The van der Waals surface area contributed by atoms with E-state index in [0.717, 1.165) is 38.8 Å². The number of halogens is 1. The van der Waals surface area contributed by atoms with Gasteiger partial charge < -0.3 is 9.15 Å². The zero-order valence-electron chi connectivity index (χ0n) is 19.7. The van der Waals surface area contributed by atoms with Crippen LogP contribution in [0.4, 0.5) is 0 Å². The minimum atomic E-state index is 0.320. The van der Waals surface area contributed by atoms with Crippen LogP contribution in [0.1, 0.15) is 29.8 Å². The molecule has 0 saturated carbocycles. The molecule has 0 amide bonds. The summed E-state index contributed by atoms with van der Waals surface area (Å²) in [4.78, 5) is 0. The minimum Gasteiger partial charge on any atom is -0.486 e. The summed E-state index contributed by atoms with van der Waals surface area (Å²) in [5.74, 6) is 3.06. The highest BCUT2D eigenvalue weighted by Gasteiger charge is 2.16. The van der Waals surface area contributed by atoms with Crippen LogP contribution in [0.2, 0.25) is 0 Å². The summed E-state index contributed by atoms with van der Waals surface area (Å²) in [6, 6.07) is 26.2. The van der Waals surface area contributed by atoms with Crippen molar-refractivity contribution in [2.24, 2.45) is 0 Å². The number of benzene rings is 3. The first kappa shape index (κ1) is 24.3. The number of ether oxygens (including phenoxy) is 1. The zero-order chi connectivity index (χ0) is 24.7. The summed E-state index contributed by atoms with van der Waals surface area (Å²) in [7, 11) is 0. The lowest BCUT2D eigenvalue weighted by molar-refractivity contribution is 0.289. The Morgan fingerprint density at radius 2 is 1.64 bits per heavy atom. The molecule has 0 N–H and O–H groups in total. The predicted octanol–water partition coefficient (Wildman–Crippen LogP) is 6.57. The smallest absolute Gasteiger partial charge is 0.247 e. The maximum atomic E-state index is 6.03. The van der Waals surface area contributed by atoms with Crippen LogP contribution in [-0.2, 0) is 25.3 Å². The maximum absolute atomic E-state index is 6.03. The van der Waals surface area contributed by atoms with Crippen molar-refractivity contribution >= 4 is 27.7 Å². The third-order valence-corrected chi connectivity index (χ3v) is 7.04. The maximum Gasteiger partial charge on any atom is 0.247 e. The second-order valence-electron chi connectivity index (χ2n) is 8.05. The van der Waals surface area contributed by atoms with Crippen LogP contribution in [0.15, 0.2) is 92.9 Å². The Kier molecular flexibility index (Phi) is 7.78. The number of hydrogen-bond donors (Lipinski definition) is 0. The van der Waals surface area contributed by atoms with E-state index in [1.54, 1.807) is 0 Å². The van der Waals surface area contributed by atoms with Crippen molar-refractivity contribution in [1.82, 2.24) is 25.0 Å². The molecule has 0 atom stereocenters. The number of rotatable bonds is 10. The predicted molar refractivity (Wildman–Crippen MR) is 143 cm³/mol. The average Bonchev–Trinajstić information content (AvgIpc) is 3.55. The SMILES string of the molecule is CCc1ccc(OCc2nnc(SCc3nnc(-c4ccc(Br)cc4)o3)n2Cc2ccccc2)cc1. The van der Waals surface area contributed by atoms with Crippen LogP contribution >= 0.6 is 27.7 Å². The van der Waals surface area contributed by atoms with E-state index in [4.69, 9.17) is 9.15 Å². The van der Waals surface area contributed by atoms with Crippen LogP contribution < -0.4 is 4.74 Å². The fourth-order valence-corrected chi connectivity index (χ4v) is 4.63. The average molecular weight is 562 g/mol. The highest BCUT2D eigenvalue weighted by Crippen LogP contribution is 2.26. The van der Waals surface area contributed by atoms with E-state index in [2.05, 4.69) is 72.1 Å². The number of aromatic nitrogens is 5. The molecule has 7 nitrogen and oxygen atoms in total. The van der Waals surface area contributed by atoms with Gasteiger partial charge in [0.05, 0.1) is 12.3 Å². The van der Waals surface area contributed by atoms with E-state index in [9.17, 15) is 0 Å². The van der Waals surface area contributed by atoms with Crippen LogP contribution in [0.5, 0.6) is 5.75 Å². The van der Waals surface area contributed by atoms with Gasteiger partial charge in [-0.25, -0.2) is 0 Å². The fraction of sp³-hybridized carbons (Fsp3) is 0.185. The van der Waals surface area contributed by atoms with Crippen molar-refractivity contribution in [3.63, 3.8) is 0 Å². The van der Waals surface area contributed by atoms with Gasteiger partial charge in [0.25, 0.3) is 0 Å². The molecule has 0 saturated heterocycles. The van der Waals surface area contributed by atoms with Gasteiger partial charge in [-0.2, -0.15) is 0 Å². The van der Waals surface area contributed by atoms with Crippen molar-refractivity contribution in [1.29, 1.82) is 0 Å². The van der Waals surface area contributed by atoms with Gasteiger partial charge in [-0.15, -0.1) is 20.4 Å². The topological polar surface area (TPSA) is 78.9 Å². The van der Waals surface area contributed by atoms with Crippen molar-refractivity contribution in [3.05, 3.63) is 106 Å². The highest BCUT2D eigenvalue weighted by atomic mass is 79.9. The molecular weight excluding hydrogens is 538 g/mol. The monoisotopic (exact) mass is 561 g/mol. The molecule has 0 unspecified atom stereocenters. The quantitative estimate of drug-likeness (QED) is 0.178. The first-order valence-electron chi connectivity index (χ1n) is 11.6. The first-order valence-corrected chi connectivity index (χ1v) is 13.3. The Balaban J connectivity index is 1.31. The number of hydrogen-bond acceptors (Lipinski definition) is 7. The molecular formula is C27H24BrN5O2S. The molecule has 0 aliphatic rings. The van der Waals surface area contributed by atoms with Crippen LogP contribution in [0.25, 0.3) is 11.5 Å². The van der Waals surface area contributed by atoms with Gasteiger partial charge in [0, 0.05) is 10.0 Å². The first-order chi connectivity index (χ1) is 17.7. The minimum absolute atomic E-state index is 0.320. The second kappa shape index (κ2) is 11.5. The molecule has 36 heavy (non-hydrogen) atoms. The Labute approximate surface area is 222 Å². The zero-order valence-corrected chi connectivity index (χ0v) is 22.1. The second-order valence-corrected chi connectivity index (χ2v) is 9.91. The molecule has 9 heteroatoms. The Morgan fingerprint density at radius 1 is 0.861 bits per heavy atom. The van der Waals surface area contributed by atoms with Gasteiger partial charge in [-0.1, -0.05) is 77.1 Å². The Bertz CT molecular complexity index is 1400. The molecule has 0 spiro atoms. The summed E-state index contributed by atoms with van der Waals surface area (Å²) in [5.41, 5.74) is 3.31. The third kappa shape index (κ3) is 6.03. The lowest BCUT2D eigenvalue weighted by atomic mass is 10.2. The van der Waals surface area contributed by atoms with Gasteiger partial charge in [-0.3, -0.25) is 4.57 Å². The molecule has 5 aromatic rings. The molecule has 3 aromatic carbocycles. The summed E-state index contributed by atoms with van der Waals surface area (Å²) in [6.07, 6.45) is 0.997. The van der Waals surface area contributed by atoms with Gasteiger partial charge in [0.2, 0.25) is 11.8 Å². The molecule has 0 fully saturated rings. The Morgan fingerprint density at radius 3 is 2.39 bits per heavy atom. The molecule has 0 aliphatic heterocycles. The molecule has 0 bridgehead atoms. The van der Waals surface area contributed by atoms with E-state index in [1.165, 1.54) is 17.3 Å². The number of nitrogens with zero attached hydrogens (tertiary/aromatic N) is 5. The van der Waals surface area contributed by atoms with Gasteiger partial charge in [0.15, 0.2) is 11.0 Å². The van der Waals surface area contributed by atoms with E-state index < -0.39 is 0 Å². The van der Waals surface area contributed by atoms with Crippen molar-refractivity contribution < 1.29 is 9.15 Å². The van der Waals surface area contributed by atoms with E-state index >= 15 is 0 Å². The molecule has 0 aliphatic carbocycles. The van der Waals surface area contributed by atoms with E-state index in [0.29, 0.717) is 30.7 Å². The van der Waals surface area contributed by atoms with E-state index in [1.807, 2.05) is 54.6 Å². The summed E-state index contributed by atoms with van der Waals surface area (Å²) >= 11 is 4.95. The summed E-state index contributed by atoms with van der Waals surface area (Å²) in [5, 5.41) is 18.0. The van der Waals surface area contributed by atoms with Gasteiger partial charge in [0.1, 0.15) is 12.4 Å². The lowest BCUT2D eigenvalue weighted by Crippen LogP contribution is -2.09. The molecule has 2 heterocycles. The van der Waals surface area contributed by atoms with Gasteiger partial charge in [-0.05, 0) is 53.9 Å². The van der Waals surface area contributed by atoms with Crippen molar-refractivity contribution in [2.75, 3.05) is 0 Å². The number of aryl methyl sites for hydroxylation is 1. The third-order valence-electron chi connectivity index (χ3n) is 5.56. The largest absolute Gasteiger partial charge is 0.486 e. The lowest BCUT2D eigenvalue weighted by Gasteiger charge is -2.11. The highest BCUT2D eigenvalue weighted by molar-refractivity contribution is 9.10. The van der Waals surface area contributed by atoms with Crippen LogP contribution in [0, 0.1) is 0 Å². The normalized spacial score (nSPS) is 11.1. The summed E-state index contributed by atoms with van der Waals surface area (Å²) < 4.78 is 15.0. The molecule has 2 aromatic heterocycles. The Hall–Kier alpha value is -3.43. The van der Waals surface area contributed by atoms with Crippen molar-refractivity contribution in [3.8, 4) is 17.2 Å².